The molecule has 0 saturated carbocycles. The number of carbonyl (C=O) groups excluding carboxylic acids is 2. The maximum atomic E-state index is 14.5. The predicted molar refractivity (Wildman–Crippen MR) is 160 cm³/mol. The maximum Gasteiger partial charge on any atom is 0.254 e. The lowest BCUT2D eigenvalue weighted by atomic mass is 9.75. The molecule has 7 nitrogen and oxygen atoms in total. The summed E-state index contributed by atoms with van der Waals surface area (Å²) in [7, 11) is 0. The van der Waals surface area contributed by atoms with Crippen LogP contribution in [-0.4, -0.2) is 67.6 Å². The molecule has 1 saturated heterocycles. The molecule has 7 heteroatoms. The number of nitrogens with zero attached hydrogens (tertiary/aromatic N) is 3. The second-order valence-electron chi connectivity index (χ2n) is 11.2. The summed E-state index contributed by atoms with van der Waals surface area (Å²) in [6.45, 7) is 12.6. The van der Waals surface area contributed by atoms with Crippen LogP contribution in [0.2, 0.25) is 0 Å². The van der Waals surface area contributed by atoms with Crippen molar-refractivity contribution in [2.75, 3.05) is 50.8 Å². The van der Waals surface area contributed by atoms with E-state index in [0.717, 1.165) is 35.5 Å². The summed E-state index contributed by atoms with van der Waals surface area (Å²) >= 11 is 0. The largest absolute Gasteiger partial charge is 0.490 e. The number of hydrogen-bond donors (Lipinski definition) is 0. The van der Waals surface area contributed by atoms with Crippen LogP contribution < -0.4 is 14.4 Å². The fourth-order valence-corrected chi connectivity index (χ4v) is 6.76. The second-order valence-corrected chi connectivity index (χ2v) is 11.2. The number of carbonyl (C=O) groups is 2. The first-order valence-electron chi connectivity index (χ1n) is 14.8. The van der Waals surface area contributed by atoms with Gasteiger partial charge in [0.05, 0.1) is 25.2 Å². The lowest BCUT2D eigenvalue weighted by Gasteiger charge is -2.47. The molecular formula is C34H39N3O4. The topological polar surface area (TPSA) is 62.3 Å². The highest BCUT2D eigenvalue weighted by molar-refractivity contribution is 6.01. The third kappa shape index (κ3) is 4.81. The monoisotopic (exact) mass is 553 g/mol. The summed E-state index contributed by atoms with van der Waals surface area (Å²) in [6.07, 6.45) is 0.710. The second kappa shape index (κ2) is 11.1. The van der Waals surface area contributed by atoms with E-state index in [-0.39, 0.29) is 17.9 Å². The number of aryl methyl sites for hydroxylation is 2. The molecule has 2 atom stereocenters. The Labute approximate surface area is 242 Å². The molecule has 0 spiro atoms. The fraction of sp³-hybridized carbons (Fsp3) is 0.412. The molecule has 2 unspecified atom stereocenters. The fourth-order valence-electron chi connectivity index (χ4n) is 6.76. The number of ether oxygens (including phenoxy) is 2. The van der Waals surface area contributed by atoms with Crippen molar-refractivity contribution in [1.82, 2.24) is 9.80 Å². The van der Waals surface area contributed by atoms with Gasteiger partial charge in [-0.2, -0.15) is 0 Å². The molecule has 3 aromatic rings. The number of piperazine rings is 1. The zero-order valence-corrected chi connectivity index (χ0v) is 24.5. The normalized spacial score (nSPS) is 19.8. The summed E-state index contributed by atoms with van der Waals surface area (Å²) in [5.41, 5.74) is 7.28. The van der Waals surface area contributed by atoms with Crippen molar-refractivity contribution in [3.8, 4) is 11.5 Å². The molecule has 3 aliphatic heterocycles. The van der Waals surface area contributed by atoms with Gasteiger partial charge in [0.2, 0.25) is 5.91 Å². The summed E-state index contributed by atoms with van der Waals surface area (Å²) in [6, 6.07) is 17.9. The van der Waals surface area contributed by atoms with E-state index in [9.17, 15) is 9.59 Å². The van der Waals surface area contributed by atoms with Crippen molar-refractivity contribution in [1.29, 1.82) is 0 Å². The Balaban J connectivity index is 1.36. The van der Waals surface area contributed by atoms with E-state index in [1.54, 1.807) is 0 Å². The predicted octanol–water partition coefficient (Wildman–Crippen LogP) is 5.29. The molecule has 6 rings (SSSR count). The Morgan fingerprint density at radius 1 is 0.854 bits per heavy atom. The summed E-state index contributed by atoms with van der Waals surface area (Å²) in [5, 5.41) is 0. The van der Waals surface area contributed by atoms with E-state index < -0.39 is 5.92 Å². The van der Waals surface area contributed by atoms with Gasteiger partial charge in [-0.1, -0.05) is 30.3 Å². The van der Waals surface area contributed by atoms with Crippen molar-refractivity contribution in [3.63, 3.8) is 0 Å². The molecule has 0 N–H and O–H groups in total. The molecule has 0 radical (unpaired) electrons. The zero-order valence-electron chi connectivity index (χ0n) is 24.5. The molecule has 0 aromatic heterocycles. The van der Waals surface area contributed by atoms with E-state index in [4.69, 9.17) is 9.47 Å². The van der Waals surface area contributed by atoms with Crippen LogP contribution in [0.5, 0.6) is 11.5 Å². The zero-order chi connectivity index (χ0) is 28.7. The van der Waals surface area contributed by atoms with Crippen LogP contribution in [0.15, 0.2) is 54.6 Å². The highest BCUT2D eigenvalue weighted by atomic mass is 16.5. The van der Waals surface area contributed by atoms with E-state index in [2.05, 4.69) is 43.0 Å². The lowest BCUT2D eigenvalue weighted by molar-refractivity contribution is -0.135. The van der Waals surface area contributed by atoms with Gasteiger partial charge in [-0.3, -0.25) is 9.59 Å². The third-order valence-electron chi connectivity index (χ3n) is 8.75. The highest BCUT2D eigenvalue weighted by Crippen LogP contribution is 2.49. The van der Waals surface area contributed by atoms with Gasteiger partial charge in [-0.05, 0) is 86.2 Å². The van der Waals surface area contributed by atoms with Crippen molar-refractivity contribution < 1.29 is 19.1 Å². The third-order valence-corrected chi connectivity index (χ3v) is 8.75. The van der Waals surface area contributed by atoms with Crippen molar-refractivity contribution in [3.05, 3.63) is 88.0 Å². The molecule has 214 valence electrons. The number of rotatable bonds is 6. The number of hydrogen-bond acceptors (Lipinski definition) is 5. The van der Waals surface area contributed by atoms with Gasteiger partial charge < -0.3 is 24.2 Å². The minimum atomic E-state index is -0.484. The molecular weight excluding hydrogens is 514 g/mol. The molecule has 3 aromatic carbocycles. The van der Waals surface area contributed by atoms with Gasteiger partial charge >= 0.3 is 0 Å². The van der Waals surface area contributed by atoms with Crippen LogP contribution in [0.25, 0.3) is 0 Å². The van der Waals surface area contributed by atoms with Crippen LogP contribution in [0.3, 0.4) is 0 Å². The summed E-state index contributed by atoms with van der Waals surface area (Å²) < 4.78 is 11.9. The lowest BCUT2D eigenvalue weighted by Crippen LogP contribution is -2.54. The molecule has 3 heterocycles. The first kappa shape index (κ1) is 27.2. The van der Waals surface area contributed by atoms with Gasteiger partial charge in [0.1, 0.15) is 0 Å². The molecule has 1 fully saturated rings. The number of anilines is 1. The molecule has 3 aliphatic rings. The van der Waals surface area contributed by atoms with Gasteiger partial charge in [-0.25, -0.2) is 0 Å². The van der Waals surface area contributed by atoms with Gasteiger partial charge in [0.15, 0.2) is 11.5 Å². The van der Waals surface area contributed by atoms with Gasteiger partial charge in [-0.15, -0.1) is 0 Å². The molecule has 0 bridgehead atoms. The average Bonchev–Trinajstić information content (AvgIpc) is 2.99. The highest BCUT2D eigenvalue weighted by Gasteiger charge is 2.48. The average molecular weight is 554 g/mol. The Hall–Kier alpha value is -4.00. The Morgan fingerprint density at radius 2 is 1.56 bits per heavy atom. The van der Waals surface area contributed by atoms with E-state index in [1.807, 2.05) is 54.0 Å². The smallest absolute Gasteiger partial charge is 0.254 e. The maximum absolute atomic E-state index is 14.5. The first-order valence-corrected chi connectivity index (χ1v) is 14.8. The van der Waals surface area contributed by atoms with E-state index in [1.165, 1.54) is 16.8 Å². The Bertz CT molecular complexity index is 1480. The number of amides is 2. The SMILES string of the molecule is CCOc1cc2c(cc1OCC)C1C(C(=O)N3CCN(c4cc(C)ccc4C)CC3)c3ccccc3C(=O)N1CC2. The Morgan fingerprint density at radius 3 is 2.29 bits per heavy atom. The van der Waals surface area contributed by atoms with Crippen molar-refractivity contribution in [2.24, 2.45) is 0 Å². The minimum absolute atomic E-state index is 0.00751. The van der Waals surface area contributed by atoms with Crippen LogP contribution in [0, 0.1) is 13.8 Å². The van der Waals surface area contributed by atoms with Crippen LogP contribution in [0.1, 0.15) is 64.0 Å². The summed E-state index contributed by atoms with van der Waals surface area (Å²) in [5.74, 6) is 0.971. The van der Waals surface area contributed by atoms with E-state index in [0.29, 0.717) is 50.6 Å². The van der Waals surface area contributed by atoms with Crippen molar-refractivity contribution in [2.45, 2.75) is 46.1 Å². The van der Waals surface area contributed by atoms with E-state index >= 15 is 0 Å². The van der Waals surface area contributed by atoms with Crippen LogP contribution in [-0.2, 0) is 11.2 Å². The summed E-state index contributed by atoms with van der Waals surface area (Å²) in [4.78, 5) is 34.6. The van der Waals surface area contributed by atoms with Crippen molar-refractivity contribution >= 4 is 17.5 Å². The molecule has 0 aliphatic carbocycles. The minimum Gasteiger partial charge on any atom is -0.490 e. The molecule has 41 heavy (non-hydrogen) atoms. The van der Waals surface area contributed by atoms with Gasteiger partial charge in [0.25, 0.3) is 5.91 Å². The first-order chi connectivity index (χ1) is 19.9. The molecule has 2 amide bonds. The van der Waals surface area contributed by atoms with Gasteiger partial charge in [0, 0.05) is 44.0 Å². The Kier molecular flexibility index (Phi) is 7.37. The standard InChI is InChI=1S/C34H39N3O4/c1-5-40-29-20-24-13-14-37-32(27(24)21-30(29)41-6-2)31(25-9-7-8-10-26(25)33(37)38)34(39)36-17-15-35(16-18-36)28-19-22(3)11-12-23(28)4/h7-12,19-21,31-32H,5-6,13-18H2,1-4H3. The van der Waals surface area contributed by atoms with Crippen LogP contribution >= 0.6 is 0 Å². The number of benzene rings is 3. The quantitative estimate of drug-likeness (QED) is 0.415. The number of fused-ring (bicyclic) bond motifs is 4. The van der Waals surface area contributed by atoms with Crippen LogP contribution in [0.4, 0.5) is 5.69 Å².